The Morgan fingerprint density at radius 2 is 2.13 bits per heavy atom. The monoisotopic (exact) mass is 223 g/mol. The summed E-state index contributed by atoms with van der Waals surface area (Å²) >= 11 is 1.45. The van der Waals surface area contributed by atoms with Crippen LogP contribution in [-0.4, -0.2) is 27.7 Å². The van der Waals surface area contributed by atoms with Crippen molar-refractivity contribution in [1.29, 1.82) is 0 Å². The Balaban J connectivity index is 2.01. The van der Waals surface area contributed by atoms with Gasteiger partial charge in [-0.2, -0.15) is 0 Å². The van der Waals surface area contributed by atoms with Crippen molar-refractivity contribution in [2.45, 2.75) is 29.7 Å². The van der Waals surface area contributed by atoms with Crippen LogP contribution in [0.3, 0.4) is 0 Å². The number of thioether (sulfide) groups is 1. The third-order valence-electron chi connectivity index (χ3n) is 2.27. The van der Waals surface area contributed by atoms with Crippen LogP contribution in [0, 0.1) is 0 Å². The zero-order chi connectivity index (χ0) is 10.5. The summed E-state index contributed by atoms with van der Waals surface area (Å²) in [4.78, 5) is 19.9. The molecule has 15 heavy (non-hydrogen) atoms. The molecular weight excluding hydrogens is 210 g/mol. The van der Waals surface area contributed by atoms with Crippen molar-refractivity contribution in [3.63, 3.8) is 0 Å². The molecule has 1 atom stereocenters. The van der Waals surface area contributed by atoms with Crippen molar-refractivity contribution in [3.05, 3.63) is 18.5 Å². The second-order valence-electron chi connectivity index (χ2n) is 3.42. The second-order valence-corrected chi connectivity index (χ2v) is 4.59. The molecule has 1 N–H and O–H groups in total. The first kappa shape index (κ1) is 10.4. The third kappa shape index (κ3) is 2.92. The number of rotatable bonds is 2. The summed E-state index contributed by atoms with van der Waals surface area (Å²) in [6.45, 7) is 0.797. The van der Waals surface area contributed by atoms with Crippen molar-refractivity contribution >= 4 is 17.7 Å². The van der Waals surface area contributed by atoms with Crippen molar-refractivity contribution in [1.82, 2.24) is 15.3 Å². The molecule has 4 nitrogen and oxygen atoms in total. The maximum absolute atomic E-state index is 11.6. The Kier molecular flexibility index (Phi) is 3.55. The van der Waals surface area contributed by atoms with E-state index < -0.39 is 0 Å². The Labute approximate surface area is 92.9 Å². The third-order valence-corrected chi connectivity index (χ3v) is 3.43. The van der Waals surface area contributed by atoms with Gasteiger partial charge in [0.2, 0.25) is 5.91 Å². The summed E-state index contributed by atoms with van der Waals surface area (Å²) in [5, 5.41) is 3.55. The minimum absolute atomic E-state index is 0.0325. The van der Waals surface area contributed by atoms with E-state index in [1.807, 2.05) is 0 Å². The summed E-state index contributed by atoms with van der Waals surface area (Å²) < 4.78 is 0. The smallest absolute Gasteiger partial charge is 0.233 e. The van der Waals surface area contributed by atoms with E-state index in [4.69, 9.17) is 0 Å². The predicted molar refractivity (Wildman–Crippen MR) is 58.5 cm³/mol. The Morgan fingerprint density at radius 1 is 1.33 bits per heavy atom. The van der Waals surface area contributed by atoms with Gasteiger partial charge in [0.1, 0.15) is 0 Å². The first-order valence-corrected chi connectivity index (χ1v) is 5.95. The standard InChI is InChI=1S/C10H13N3OS/c14-9-8(4-1-2-5-11-9)15-10-12-6-3-7-13-10/h3,6-8H,1-2,4-5H2,(H,11,14). The number of carbonyl (C=O) groups is 1. The molecule has 0 spiro atoms. The molecule has 1 aromatic heterocycles. The minimum Gasteiger partial charge on any atom is -0.355 e. The molecule has 0 bridgehead atoms. The molecule has 0 aromatic carbocycles. The molecule has 1 aliphatic heterocycles. The van der Waals surface area contributed by atoms with Crippen LogP contribution in [0.15, 0.2) is 23.6 Å². The highest BCUT2D eigenvalue weighted by Crippen LogP contribution is 2.24. The lowest BCUT2D eigenvalue weighted by molar-refractivity contribution is -0.120. The second kappa shape index (κ2) is 5.11. The molecular formula is C10H13N3OS. The van der Waals surface area contributed by atoms with Gasteiger partial charge in [0, 0.05) is 18.9 Å². The minimum atomic E-state index is -0.0325. The van der Waals surface area contributed by atoms with Gasteiger partial charge < -0.3 is 5.32 Å². The van der Waals surface area contributed by atoms with Gasteiger partial charge in [0.05, 0.1) is 5.25 Å². The number of amides is 1. The number of hydrogen-bond donors (Lipinski definition) is 1. The van der Waals surface area contributed by atoms with E-state index in [1.54, 1.807) is 18.5 Å². The van der Waals surface area contributed by atoms with Crippen LogP contribution < -0.4 is 5.32 Å². The zero-order valence-electron chi connectivity index (χ0n) is 8.35. The van der Waals surface area contributed by atoms with E-state index in [0.717, 1.165) is 25.8 Å². The number of aromatic nitrogens is 2. The molecule has 1 unspecified atom stereocenters. The molecule has 1 aliphatic rings. The van der Waals surface area contributed by atoms with Crippen molar-refractivity contribution in [2.75, 3.05) is 6.54 Å². The Bertz CT molecular complexity index is 331. The highest BCUT2D eigenvalue weighted by Gasteiger charge is 2.22. The highest BCUT2D eigenvalue weighted by molar-refractivity contribution is 8.00. The van der Waals surface area contributed by atoms with E-state index in [-0.39, 0.29) is 11.2 Å². The highest BCUT2D eigenvalue weighted by atomic mass is 32.2. The average molecular weight is 223 g/mol. The molecule has 1 fully saturated rings. The van der Waals surface area contributed by atoms with Gasteiger partial charge in [-0.3, -0.25) is 4.79 Å². The first-order chi connectivity index (χ1) is 7.36. The van der Waals surface area contributed by atoms with Crippen LogP contribution >= 0.6 is 11.8 Å². The molecule has 0 radical (unpaired) electrons. The number of nitrogens with zero attached hydrogens (tertiary/aromatic N) is 2. The lowest BCUT2D eigenvalue weighted by Crippen LogP contribution is -2.30. The largest absolute Gasteiger partial charge is 0.355 e. The molecule has 2 heterocycles. The zero-order valence-corrected chi connectivity index (χ0v) is 9.17. The van der Waals surface area contributed by atoms with E-state index >= 15 is 0 Å². The maximum Gasteiger partial charge on any atom is 0.233 e. The fraction of sp³-hybridized carbons (Fsp3) is 0.500. The average Bonchev–Trinajstić information content (AvgIpc) is 2.46. The van der Waals surface area contributed by atoms with Crippen LogP contribution in [0.2, 0.25) is 0 Å². The molecule has 0 aliphatic carbocycles. The fourth-order valence-corrected chi connectivity index (χ4v) is 2.47. The van der Waals surface area contributed by atoms with Crippen LogP contribution in [0.4, 0.5) is 0 Å². The van der Waals surface area contributed by atoms with Gasteiger partial charge in [0.25, 0.3) is 0 Å². The van der Waals surface area contributed by atoms with Crippen LogP contribution in [0.25, 0.3) is 0 Å². The maximum atomic E-state index is 11.6. The molecule has 1 amide bonds. The van der Waals surface area contributed by atoms with Gasteiger partial charge in [-0.25, -0.2) is 9.97 Å². The lowest BCUT2D eigenvalue weighted by atomic mass is 10.2. The quantitative estimate of drug-likeness (QED) is 0.766. The van der Waals surface area contributed by atoms with E-state index in [1.165, 1.54) is 11.8 Å². The number of hydrogen-bond acceptors (Lipinski definition) is 4. The SMILES string of the molecule is O=C1NCCCCC1Sc1ncccn1. The van der Waals surface area contributed by atoms with Gasteiger partial charge >= 0.3 is 0 Å². The van der Waals surface area contributed by atoms with Crippen molar-refractivity contribution in [3.8, 4) is 0 Å². The van der Waals surface area contributed by atoms with Crippen LogP contribution in [0.5, 0.6) is 0 Å². The molecule has 0 saturated carbocycles. The summed E-state index contributed by atoms with van der Waals surface area (Å²) in [6.07, 6.45) is 6.46. The van der Waals surface area contributed by atoms with E-state index in [2.05, 4.69) is 15.3 Å². The summed E-state index contributed by atoms with van der Waals surface area (Å²) in [7, 11) is 0. The molecule has 2 rings (SSSR count). The van der Waals surface area contributed by atoms with E-state index in [0.29, 0.717) is 5.16 Å². The van der Waals surface area contributed by atoms with Gasteiger partial charge in [-0.15, -0.1) is 0 Å². The summed E-state index contributed by atoms with van der Waals surface area (Å²) in [6, 6.07) is 1.78. The molecule has 1 aromatic rings. The van der Waals surface area contributed by atoms with Gasteiger partial charge in [-0.05, 0) is 18.9 Å². The predicted octanol–water partition coefficient (Wildman–Crippen LogP) is 1.24. The van der Waals surface area contributed by atoms with E-state index in [9.17, 15) is 4.79 Å². The molecule has 80 valence electrons. The van der Waals surface area contributed by atoms with Crippen LogP contribution in [-0.2, 0) is 4.79 Å². The Morgan fingerprint density at radius 3 is 2.93 bits per heavy atom. The fourth-order valence-electron chi connectivity index (χ4n) is 1.50. The number of carbonyl (C=O) groups excluding carboxylic acids is 1. The van der Waals surface area contributed by atoms with Crippen molar-refractivity contribution < 1.29 is 4.79 Å². The Hall–Kier alpha value is -1.10. The first-order valence-electron chi connectivity index (χ1n) is 5.07. The number of nitrogens with one attached hydrogen (secondary N) is 1. The van der Waals surface area contributed by atoms with Gasteiger partial charge in [-0.1, -0.05) is 18.2 Å². The summed E-state index contributed by atoms with van der Waals surface area (Å²) in [5.41, 5.74) is 0. The lowest BCUT2D eigenvalue weighted by Gasteiger charge is -2.10. The van der Waals surface area contributed by atoms with Crippen LogP contribution in [0.1, 0.15) is 19.3 Å². The molecule has 1 saturated heterocycles. The van der Waals surface area contributed by atoms with Crippen molar-refractivity contribution in [2.24, 2.45) is 0 Å². The van der Waals surface area contributed by atoms with Gasteiger partial charge in [0.15, 0.2) is 5.16 Å². The molecule has 5 heteroatoms. The summed E-state index contributed by atoms with van der Waals surface area (Å²) in [5.74, 6) is 0.116. The normalized spacial score (nSPS) is 21.9. The topological polar surface area (TPSA) is 54.9 Å².